The van der Waals surface area contributed by atoms with Crippen LogP contribution in [-0.2, 0) is 12.8 Å². The highest BCUT2D eigenvalue weighted by Gasteiger charge is 2.23. The Balaban J connectivity index is 1.65. The second-order valence-electron chi connectivity index (χ2n) is 5.44. The number of hydrogen-bond donors (Lipinski definition) is 2. The van der Waals surface area contributed by atoms with Crippen LogP contribution in [0.5, 0.6) is 0 Å². The van der Waals surface area contributed by atoms with E-state index in [1.54, 1.807) is 0 Å². The lowest BCUT2D eigenvalue weighted by Crippen LogP contribution is -2.31. The van der Waals surface area contributed by atoms with Crippen LogP contribution in [0.2, 0.25) is 0 Å². The maximum absolute atomic E-state index is 12.2. The molecule has 1 aliphatic rings. The Kier molecular flexibility index (Phi) is 3.91. The largest absolute Gasteiger partial charge is 0.331 e. The molecule has 0 aromatic heterocycles. The van der Waals surface area contributed by atoms with Crippen molar-refractivity contribution in [1.82, 2.24) is 5.32 Å². The number of aryl methyl sites for hydroxylation is 2. The van der Waals surface area contributed by atoms with E-state index in [1.807, 2.05) is 24.3 Å². The molecule has 0 spiro atoms. The van der Waals surface area contributed by atoms with Gasteiger partial charge in [-0.1, -0.05) is 43.3 Å². The molecule has 1 atom stereocenters. The fraction of sp³-hybridized carbons (Fsp3) is 0.278. The van der Waals surface area contributed by atoms with Crippen molar-refractivity contribution in [2.24, 2.45) is 0 Å². The molecule has 2 amide bonds. The Bertz CT molecular complexity index is 651. The van der Waals surface area contributed by atoms with E-state index in [2.05, 4.69) is 41.8 Å². The first-order chi connectivity index (χ1) is 10.3. The quantitative estimate of drug-likeness (QED) is 0.874. The van der Waals surface area contributed by atoms with Crippen LogP contribution >= 0.6 is 0 Å². The third kappa shape index (κ3) is 3.07. The number of carbonyl (C=O) groups is 1. The first kappa shape index (κ1) is 13.7. The zero-order valence-electron chi connectivity index (χ0n) is 12.2. The summed E-state index contributed by atoms with van der Waals surface area (Å²) in [5.74, 6) is 0. The smallest absolute Gasteiger partial charge is 0.319 e. The minimum Gasteiger partial charge on any atom is -0.331 e. The normalized spacial score (nSPS) is 16.3. The molecule has 0 saturated heterocycles. The number of hydrogen-bond acceptors (Lipinski definition) is 1. The fourth-order valence-corrected chi connectivity index (χ4v) is 2.90. The van der Waals surface area contributed by atoms with Crippen molar-refractivity contribution in [3.05, 3.63) is 65.2 Å². The average molecular weight is 280 g/mol. The van der Waals surface area contributed by atoms with Gasteiger partial charge in [-0.05, 0) is 48.1 Å². The van der Waals surface area contributed by atoms with Crippen molar-refractivity contribution in [3.63, 3.8) is 0 Å². The third-order valence-electron chi connectivity index (χ3n) is 4.03. The molecule has 108 valence electrons. The van der Waals surface area contributed by atoms with Gasteiger partial charge in [-0.3, -0.25) is 0 Å². The predicted octanol–water partition coefficient (Wildman–Crippen LogP) is 4.06. The van der Waals surface area contributed by atoms with Crippen LogP contribution in [0.25, 0.3) is 0 Å². The van der Waals surface area contributed by atoms with Gasteiger partial charge in [0.05, 0.1) is 6.04 Å². The van der Waals surface area contributed by atoms with Gasteiger partial charge in [0.1, 0.15) is 0 Å². The Morgan fingerprint density at radius 2 is 2.05 bits per heavy atom. The Morgan fingerprint density at radius 1 is 1.19 bits per heavy atom. The van der Waals surface area contributed by atoms with Crippen molar-refractivity contribution >= 4 is 11.7 Å². The topological polar surface area (TPSA) is 41.1 Å². The van der Waals surface area contributed by atoms with Gasteiger partial charge in [0.2, 0.25) is 0 Å². The lowest BCUT2D eigenvalue weighted by Gasteiger charge is -2.15. The molecule has 1 unspecified atom stereocenters. The zero-order chi connectivity index (χ0) is 14.7. The summed E-state index contributed by atoms with van der Waals surface area (Å²) in [5.41, 5.74) is 4.66. The zero-order valence-corrected chi connectivity index (χ0v) is 12.2. The van der Waals surface area contributed by atoms with Crippen LogP contribution in [0.3, 0.4) is 0 Å². The molecular weight excluding hydrogens is 260 g/mol. The highest BCUT2D eigenvalue weighted by atomic mass is 16.2. The summed E-state index contributed by atoms with van der Waals surface area (Å²) in [4.78, 5) is 12.2. The van der Waals surface area contributed by atoms with Crippen molar-refractivity contribution in [3.8, 4) is 0 Å². The summed E-state index contributed by atoms with van der Waals surface area (Å²) in [7, 11) is 0. The number of fused-ring (bicyclic) bond motifs is 1. The van der Waals surface area contributed by atoms with E-state index in [0.29, 0.717) is 0 Å². The first-order valence-corrected chi connectivity index (χ1v) is 7.50. The lowest BCUT2D eigenvalue weighted by atomic mass is 10.1. The molecule has 3 nitrogen and oxygen atoms in total. The monoisotopic (exact) mass is 280 g/mol. The van der Waals surface area contributed by atoms with Crippen LogP contribution in [0.15, 0.2) is 48.5 Å². The van der Waals surface area contributed by atoms with E-state index in [0.717, 1.165) is 24.9 Å². The van der Waals surface area contributed by atoms with Crippen LogP contribution in [0.1, 0.15) is 36.1 Å². The second-order valence-corrected chi connectivity index (χ2v) is 5.44. The number of nitrogens with one attached hydrogen (secondary N) is 2. The first-order valence-electron chi connectivity index (χ1n) is 7.50. The van der Waals surface area contributed by atoms with Gasteiger partial charge in [0.15, 0.2) is 0 Å². The number of urea groups is 1. The molecule has 0 heterocycles. The minimum atomic E-state index is -0.134. The molecule has 3 rings (SSSR count). The van der Waals surface area contributed by atoms with Crippen LogP contribution in [0, 0.1) is 0 Å². The molecule has 1 aliphatic carbocycles. The van der Waals surface area contributed by atoms with Crippen LogP contribution < -0.4 is 10.6 Å². The number of rotatable bonds is 3. The summed E-state index contributed by atoms with van der Waals surface area (Å²) < 4.78 is 0. The summed E-state index contributed by atoms with van der Waals surface area (Å²) in [6.07, 6.45) is 2.97. The molecular formula is C18H20N2O. The maximum atomic E-state index is 12.2. The molecule has 2 aromatic rings. The van der Waals surface area contributed by atoms with Crippen molar-refractivity contribution in [2.75, 3.05) is 5.32 Å². The Labute approximate surface area is 125 Å². The fourth-order valence-electron chi connectivity index (χ4n) is 2.90. The summed E-state index contributed by atoms with van der Waals surface area (Å²) in [6.45, 7) is 2.11. The Morgan fingerprint density at radius 3 is 2.90 bits per heavy atom. The van der Waals surface area contributed by atoms with E-state index in [1.165, 1.54) is 16.7 Å². The number of amides is 2. The molecule has 0 bridgehead atoms. The standard InChI is InChI=1S/C18H20N2O/c1-2-13-6-5-8-15(12-13)19-18(21)20-17-11-10-14-7-3-4-9-16(14)17/h3-9,12,17H,2,10-11H2,1H3,(H2,19,20,21). The second kappa shape index (κ2) is 6.00. The number of carbonyl (C=O) groups excluding carboxylic acids is 1. The van der Waals surface area contributed by atoms with E-state index < -0.39 is 0 Å². The third-order valence-corrected chi connectivity index (χ3v) is 4.03. The molecule has 0 aliphatic heterocycles. The Hall–Kier alpha value is -2.29. The van der Waals surface area contributed by atoms with Gasteiger partial charge in [-0.2, -0.15) is 0 Å². The van der Waals surface area contributed by atoms with E-state index >= 15 is 0 Å². The number of anilines is 1. The SMILES string of the molecule is CCc1cccc(NC(=O)NC2CCc3ccccc32)c1. The van der Waals surface area contributed by atoms with E-state index in [9.17, 15) is 4.79 Å². The number of benzene rings is 2. The highest BCUT2D eigenvalue weighted by Crippen LogP contribution is 2.30. The average Bonchev–Trinajstić information content (AvgIpc) is 2.91. The molecule has 0 radical (unpaired) electrons. The molecule has 0 saturated carbocycles. The van der Waals surface area contributed by atoms with Gasteiger partial charge < -0.3 is 10.6 Å². The van der Waals surface area contributed by atoms with E-state index in [4.69, 9.17) is 0 Å². The van der Waals surface area contributed by atoms with Crippen molar-refractivity contribution < 1.29 is 4.79 Å². The predicted molar refractivity (Wildman–Crippen MR) is 85.5 cm³/mol. The lowest BCUT2D eigenvalue weighted by molar-refractivity contribution is 0.248. The summed E-state index contributed by atoms with van der Waals surface area (Å²) >= 11 is 0. The van der Waals surface area contributed by atoms with Crippen molar-refractivity contribution in [1.29, 1.82) is 0 Å². The molecule has 3 heteroatoms. The molecule has 2 aromatic carbocycles. The van der Waals surface area contributed by atoms with E-state index in [-0.39, 0.29) is 12.1 Å². The maximum Gasteiger partial charge on any atom is 0.319 e. The van der Waals surface area contributed by atoms with Crippen molar-refractivity contribution in [2.45, 2.75) is 32.2 Å². The van der Waals surface area contributed by atoms with Gasteiger partial charge in [-0.25, -0.2) is 4.79 Å². The van der Waals surface area contributed by atoms with Gasteiger partial charge in [0.25, 0.3) is 0 Å². The van der Waals surface area contributed by atoms with Gasteiger partial charge >= 0.3 is 6.03 Å². The highest BCUT2D eigenvalue weighted by molar-refractivity contribution is 5.89. The van der Waals surface area contributed by atoms with Gasteiger partial charge in [0, 0.05) is 5.69 Å². The summed E-state index contributed by atoms with van der Waals surface area (Å²) in [5, 5.41) is 6.00. The molecule has 2 N–H and O–H groups in total. The molecule has 0 fully saturated rings. The van der Waals surface area contributed by atoms with Gasteiger partial charge in [-0.15, -0.1) is 0 Å². The van der Waals surface area contributed by atoms with Crippen LogP contribution in [-0.4, -0.2) is 6.03 Å². The van der Waals surface area contributed by atoms with Crippen LogP contribution in [0.4, 0.5) is 10.5 Å². The minimum absolute atomic E-state index is 0.121. The molecule has 21 heavy (non-hydrogen) atoms. The summed E-state index contributed by atoms with van der Waals surface area (Å²) in [6, 6.07) is 16.3.